The van der Waals surface area contributed by atoms with Crippen LogP contribution in [-0.4, -0.2) is 38.7 Å². The molecule has 6 nitrogen and oxygen atoms in total. The molecular weight excluding hydrogens is 360 g/mol. The minimum absolute atomic E-state index is 0.0375. The van der Waals surface area contributed by atoms with E-state index in [2.05, 4.69) is 4.74 Å². The maximum absolute atomic E-state index is 12.4. The van der Waals surface area contributed by atoms with Crippen molar-refractivity contribution in [3.63, 3.8) is 0 Å². The highest BCUT2D eigenvalue weighted by atomic mass is 19.3. The number of carbonyl (C=O) groups excluding carboxylic acids is 2. The first-order chi connectivity index (χ1) is 12.8. The fourth-order valence-corrected chi connectivity index (χ4v) is 2.32. The summed E-state index contributed by atoms with van der Waals surface area (Å²) in [5.41, 5.74) is 0.691. The molecule has 0 N–H and O–H groups in total. The molecule has 0 saturated heterocycles. The lowest BCUT2D eigenvalue weighted by atomic mass is 10.2. The molecule has 2 aromatic rings. The number of nitrogens with zero attached hydrogens (tertiary/aromatic N) is 1. The van der Waals surface area contributed by atoms with Crippen LogP contribution < -0.4 is 14.4 Å². The molecule has 8 heteroatoms. The topological polar surface area (TPSA) is 65.1 Å². The number of anilines is 1. The Morgan fingerprint density at radius 2 is 1.70 bits per heavy atom. The van der Waals surface area contributed by atoms with Gasteiger partial charge in [0.15, 0.2) is 17.6 Å². The van der Waals surface area contributed by atoms with Crippen LogP contribution in [0.2, 0.25) is 0 Å². The highest BCUT2D eigenvalue weighted by Gasteiger charge is 2.24. The molecule has 0 aliphatic rings. The quantitative estimate of drug-likeness (QED) is 0.689. The van der Waals surface area contributed by atoms with Crippen LogP contribution in [-0.2, 0) is 9.53 Å². The zero-order valence-corrected chi connectivity index (χ0v) is 15.0. The van der Waals surface area contributed by atoms with E-state index in [0.717, 1.165) is 0 Å². The number of esters is 1. The van der Waals surface area contributed by atoms with E-state index in [1.807, 2.05) is 6.07 Å². The van der Waals surface area contributed by atoms with Crippen molar-refractivity contribution in [3.8, 4) is 11.5 Å². The first-order valence-electron chi connectivity index (χ1n) is 8.00. The van der Waals surface area contributed by atoms with E-state index in [1.165, 1.54) is 37.1 Å². The van der Waals surface area contributed by atoms with Gasteiger partial charge in [0.1, 0.15) is 0 Å². The molecule has 0 bridgehead atoms. The molecule has 144 valence electrons. The Balaban J connectivity index is 2.08. The van der Waals surface area contributed by atoms with Crippen molar-refractivity contribution in [3.05, 3.63) is 54.1 Å². The van der Waals surface area contributed by atoms with Gasteiger partial charge in [-0.2, -0.15) is 8.78 Å². The number of halogens is 2. The van der Waals surface area contributed by atoms with Crippen LogP contribution in [0.3, 0.4) is 0 Å². The van der Waals surface area contributed by atoms with Crippen LogP contribution in [0.25, 0.3) is 0 Å². The van der Waals surface area contributed by atoms with Crippen molar-refractivity contribution < 1.29 is 32.6 Å². The van der Waals surface area contributed by atoms with Gasteiger partial charge in [-0.1, -0.05) is 18.2 Å². The number of alkyl halides is 2. The number of ether oxygens (including phenoxy) is 3. The van der Waals surface area contributed by atoms with E-state index in [1.54, 1.807) is 31.3 Å². The van der Waals surface area contributed by atoms with Gasteiger partial charge in [-0.25, -0.2) is 4.79 Å². The second kappa shape index (κ2) is 8.98. The highest BCUT2D eigenvalue weighted by Crippen LogP contribution is 2.29. The summed E-state index contributed by atoms with van der Waals surface area (Å²) in [5.74, 6) is -1.47. The zero-order chi connectivity index (χ0) is 20.0. The highest BCUT2D eigenvalue weighted by molar-refractivity contribution is 5.98. The molecule has 0 fully saturated rings. The maximum atomic E-state index is 12.4. The lowest BCUT2D eigenvalue weighted by Crippen LogP contribution is -2.37. The second-order valence-corrected chi connectivity index (χ2v) is 5.52. The Kier molecular flexibility index (Phi) is 6.70. The van der Waals surface area contributed by atoms with Crippen molar-refractivity contribution in [1.82, 2.24) is 0 Å². The molecule has 0 aliphatic heterocycles. The van der Waals surface area contributed by atoms with Crippen LogP contribution in [0.5, 0.6) is 11.5 Å². The van der Waals surface area contributed by atoms with Crippen LogP contribution in [0.4, 0.5) is 14.5 Å². The van der Waals surface area contributed by atoms with Crippen molar-refractivity contribution in [2.45, 2.75) is 19.6 Å². The van der Waals surface area contributed by atoms with Gasteiger partial charge in [0.2, 0.25) is 0 Å². The van der Waals surface area contributed by atoms with E-state index in [4.69, 9.17) is 9.47 Å². The third kappa shape index (κ3) is 5.16. The monoisotopic (exact) mass is 379 g/mol. The van der Waals surface area contributed by atoms with E-state index in [-0.39, 0.29) is 17.1 Å². The standard InChI is InChI=1S/C19H19F2NO5/c1-12(17(23)22(2)14-7-5-4-6-8-14)26-18(24)13-9-10-15(27-19(20)21)16(11-13)25-3/h4-12,19H,1-3H3. The zero-order valence-electron chi connectivity index (χ0n) is 15.0. The van der Waals surface area contributed by atoms with Crippen molar-refractivity contribution in [2.24, 2.45) is 0 Å². The number of likely N-dealkylation sites (N-methyl/N-ethyl adjacent to an activating group) is 1. The molecule has 0 heterocycles. The molecule has 1 unspecified atom stereocenters. The van der Waals surface area contributed by atoms with E-state index >= 15 is 0 Å². The number of rotatable bonds is 7. The predicted molar refractivity (Wildman–Crippen MR) is 94.4 cm³/mol. The Morgan fingerprint density at radius 1 is 1.04 bits per heavy atom. The number of carbonyl (C=O) groups is 2. The van der Waals surface area contributed by atoms with Crippen molar-refractivity contribution in [1.29, 1.82) is 0 Å². The van der Waals surface area contributed by atoms with Gasteiger partial charge < -0.3 is 19.1 Å². The fourth-order valence-electron chi connectivity index (χ4n) is 2.32. The van der Waals surface area contributed by atoms with Crippen LogP contribution in [0.1, 0.15) is 17.3 Å². The minimum Gasteiger partial charge on any atom is -0.493 e. The number of benzene rings is 2. The smallest absolute Gasteiger partial charge is 0.387 e. The van der Waals surface area contributed by atoms with Gasteiger partial charge in [0.05, 0.1) is 12.7 Å². The Hall–Kier alpha value is -3.16. The summed E-state index contributed by atoms with van der Waals surface area (Å²) in [6.07, 6.45) is -1.05. The van der Waals surface area contributed by atoms with E-state index < -0.39 is 24.6 Å². The fraction of sp³-hybridized carbons (Fsp3) is 0.263. The van der Waals surface area contributed by atoms with Crippen molar-refractivity contribution >= 4 is 17.6 Å². The predicted octanol–water partition coefficient (Wildman–Crippen LogP) is 3.50. The summed E-state index contributed by atoms with van der Waals surface area (Å²) < 4.78 is 39.2. The molecule has 2 rings (SSSR count). The first-order valence-corrected chi connectivity index (χ1v) is 8.00. The van der Waals surface area contributed by atoms with Crippen LogP contribution in [0.15, 0.2) is 48.5 Å². The maximum Gasteiger partial charge on any atom is 0.387 e. The summed E-state index contributed by atoms with van der Waals surface area (Å²) in [6.45, 7) is -1.58. The number of hydrogen-bond acceptors (Lipinski definition) is 5. The van der Waals surface area contributed by atoms with Gasteiger partial charge in [-0.3, -0.25) is 4.79 Å². The van der Waals surface area contributed by atoms with E-state index in [9.17, 15) is 18.4 Å². The number of amides is 1. The number of methoxy groups -OCH3 is 1. The summed E-state index contributed by atoms with van der Waals surface area (Å²) >= 11 is 0. The lowest BCUT2D eigenvalue weighted by molar-refractivity contribution is -0.126. The molecular formula is C19H19F2NO5. The average Bonchev–Trinajstić information content (AvgIpc) is 2.67. The van der Waals surface area contributed by atoms with Gasteiger partial charge in [0.25, 0.3) is 5.91 Å². The minimum atomic E-state index is -3.03. The van der Waals surface area contributed by atoms with Crippen LogP contribution in [0, 0.1) is 0 Å². The summed E-state index contributed by atoms with van der Waals surface area (Å²) in [5, 5.41) is 0. The molecule has 2 aromatic carbocycles. The molecule has 0 spiro atoms. The first kappa shape index (κ1) is 20.2. The Morgan fingerprint density at radius 3 is 2.30 bits per heavy atom. The van der Waals surface area contributed by atoms with E-state index in [0.29, 0.717) is 5.69 Å². The number of hydrogen-bond donors (Lipinski definition) is 0. The summed E-state index contributed by atoms with van der Waals surface area (Å²) in [4.78, 5) is 26.1. The molecule has 0 aromatic heterocycles. The third-order valence-electron chi connectivity index (χ3n) is 3.72. The van der Waals surface area contributed by atoms with Crippen LogP contribution >= 0.6 is 0 Å². The van der Waals surface area contributed by atoms with Gasteiger partial charge in [-0.15, -0.1) is 0 Å². The number of para-hydroxylation sites is 1. The Bertz CT molecular complexity index is 798. The van der Waals surface area contributed by atoms with Gasteiger partial charge in [0, 0.05) is 12.7 Å². The lowest BCUT2D eigenvalue weighted by Gasteiger charge is -2.21. The molecule has 27 heavy (non-hydrogen) atoms. The van der Waals surface area contributed by atoms with Gasteiger partial charge in [-0.05, 0) is 37.3 Å². The van der Waals surface area contributed by atoms with Gasteiger partial charge >= 0.3 is 12.6 Å². The molecule has 0 saturated carbocycles. The summed E-state index contributed by atoms with van der Waals surface area (Å²) in [6, 6.07) is 12.5. The SMILES string of the molecule is COc1cc(C(=O)OC(C)C(=O)N(C)c2ccccc2)ccc1OC(F)F. The molecule has 1 amide bonds. The second-order valence-electron chi connectivity index (χ2n) is 5.52. The molecule has 0 aliphatic carbocycles. The Labute approximate surface area is 155 Å². The van der Waals surface area contributed by atoms with Crippen molar-refractivity contribution in [2.75, 3.05) is 19.1 Å². The third-order valence-corrected chi connectivity index (χ3v) is 3.72. The average molecular weight is 379 g/mol. The molecule has 0 radical (unpaired) electrons. The normalized spacial score (nSPS) is 11.6. The largest absolute Gasteiger partial charge is 0.493 e. The molecule has 1 atom stereocenters. The summed E-state index contributed by atoms with van der Waals surface area (Å²) in [7, 11) is 2.82.